The molecule has 0 fully saturated rings. The molecule has 0 aliphatic carbocycles. The Bertz CT molecular complexity index is 1580. The molecule has 35 heavy (non-hydrogen) atoms. The number of aromatic nitrogens is 4. The van der Waals surface area contributed by atoms with Crippen molar-refractivity contribution in [3.63, 3.8) is 0 Å². The molecule has 0 saturated heterocycles. The summed E-state index contributed by atoms with van der Waals surface area (Å²) >= 11 is 6.36. The molecular formula is C26H26ClN5O3. The second kappa shape index (κ2) is 8.85. The number of fused-ring (bicyclic) bond motifs is 1. The van der Waals surface area contributed by atoms with Gasteiger partial charge in [0.2, 0.25) is 0 Å². The number of aryl methyl sites for hydroxylation is 1. The van der Waals surface area contributed by atoms with E-state index in [0.717, 1.165) is 21.4 Å². The Morgan fingerprint density at radius 2 is 1.77 bits per heavy atom. The van der Waals surface area contributed by atoms with Crippen LogP contribution in [-0.2, 0) is 25.5 Å². The first-order valence-electron chi connectivity index (χ1n) is 11.5. The van der Waals surface area contributed by atoms with Crippen LogP contribution in [0.15, 0.2) is 63.3 Å². The van der Waals surface area contributed by atoms with Crippen LogP contribution in [0.2, 0.25) is 5.02 Å². The minimum absolute atomic E-state index is 0.325. The molecular weight excluding hydrogens is 466 g/mol. The molecule has 8 nitrogen and oxygen atoms in total. The van der Waals surface area contributed by atoms with Crippen LogP contribution in [0.5, 0.6) is 0 Å². The van der Waals surface area contributed by atoms with E-state index in [0.29, 0.717) is 40.9 Å². The molecule has 0 bridgehead atoms. The number of imidazole rings is 1. The van der Waals surface area contributed by atoms with Crippen molar-refractivity contribution >= 4 is 28.5 Å². The summed E-state index contributed by atoms with van der Waals surface area (Å²) in [7, 11) is 3.10. The Balaban J connectivity index is 1.60. The first-order chi connectivity index (χ1) is 16.8. The van der Waals surface area contributed by atoms with Gasteiger partial charge in [-0.3, -0.25) is 13.9 Å². The minimum Gasteiger partial charge on any atom is -0.390 e. The molecule has 1 aliphatic rings. The fourth-order valence-corrected chi connectivity index (χ4v) is 4.69. The first-order valence-corrected chi connectivity index (χ1v) is 11.9. The van der Waals surface area contributed by atoms with Crippen molar-refractivity contribution in [3.8, 4) is 11.4 Å². The average molecular weight is 492 g/mol. The zero-order valence-electron chi connectivity index (χ0n) is 20.0. The molecule has 5 rings (SSSR count). The van der Waals surface area contributed by atoms with Gasteiger partial charge in [0.15, 0.2) is 17.3 Å². The number of nitrogens with zero attached hydrogens (tertiary/aromatic N) is 5. The van der Waals surface area contributed by atoms with Crippen LogP contribution < -0.4 is 11.2 Å². The van der Waals surface area contributed by atoms with Crippen molar-refractivity contribution in [3.05, 3.63) is 85.5 Å². The quantitative estimate of drug-likeness (QED) is 0.421. The van der Waals surface area contributed by atoms with Gasteiger partial charge in [-0.1, -0.05) is 73.1 Å². The second-order valence-electron chi connectivity index (χ2n) is 9.15. The number of hydrogen-bond acceptors (Lipinski definition) is 5. The predicted molar refractivity (Wildman–Crippen MR) is 137 cm³/mol. The van der Waals surface area contributed by atoms with Crippen LogP contribution in [-0.4, -0.2) is 30.5 Å². The lowest BCUT2D eigenvalue weighted by Crippen LogP contribution is -2.37. The van der Waals surface area contributed by atoms with Gasteiger partial charge in [-0.05, 0) is 17.5 Å². The van der Waals surface area contributed by atoms with Crippen LogP contribution in [0.1, 0.15) is 37.3 Å². The first kappa shape index (κ1) is 23.1. The Labute approximate surface area is 207 Å². The van der Waals surface area contributed by atoms with Crippen LogP contribution >= 0.6 is 11.6 Å². The summed E-state index contributed by atoms with van der Waals surface area (Å²) in [6.07, 6.45) is 0.204. The van der Waals surface area contributed by atoms with Gasteiger partial charge in [-0.15, -0.1) is 0 Å². The molecule has 3 heterocycles. The summed E-state index contributed by atoms with van der Waals surface area (Å²) in [6.45, 7) is 4.61. The molecule has 0 amide bonds. The van der Waals surface area contributed by atoms with E-state index in [-0.39, 0.29) is 6.10 Å². The van der Waals surface area contributed by atoms with E-state index >= 15 is 0 Å². The van der Waals surface area contributed by atoms with Crippen molar-refractivity contribution in [1.29, 1.82) is 0 Å². The molecule has 0 radical (unpaired) electrons. The maximum Gasteiger partial charge on any atom is 0.332 e. The molecule has 4 aromatic rings. The zero-order chi connectivity index (χ0) is 24.9. The third kappa shape index (κ3) is 3.97. The van der Waals surface area contributed by atoms with Crippen LogP contribution in [0.25, 0.3) is 22.6 Å². The van der Waals surface area contributed by atoms with E-state index in [9.17, 15) is 9.59 Å². The summed E-state index contributed by atoms with van der Waals surface area (Å²) in [5, 5.41) is 4.88. The van der Waals surface area contributed by atoms with E-state index in [2.05, 4.69) is 31.1 Å². The molecule has 0 saturated carbocycles. The lowest BCUT2D eigenvalue weighted by atomic mass is 10.0. The number of hydrogen-bond donors (Lipinski definition) is 0. The highest BCUT2D eigenvalue weighted by molar-refractivity contribution is 6.34. The molecule has 1 atom stereocenters. The number of rotatable bonds is 5. The molecule has 9 heteroatoms. The number of halogens is 1. The number of benzene rings is 2. The topological polar surface area (TPSA) is 83.4 Å². The van der Waals surface area contributed by atoms with E-state index in [1.165, 1.54) is 17.2 Å². The highest BCUT2D eigenvalue weighted by Gasteiger charge is 2.28. The van der Waals surface area contributed by atoms with Crippen LogP contribution in [0, 0.1) is 0 Å². The second-order valence-corrected chi connectivity index (χ2v) is 9.56. The highest BCUT2D eigenvalue weighted by Crippen LogP contribution is 2.28. The summed E-state index contributed by atoms with van der Waals surface area (Å²) < 4.78 is 4.35. The van der Waals surface area contributed by atoms with Crippen molar-refractivity contribution in [2.75, 3.05) is 0 Å². The highest BCUT2D eigenvalue weighted by atomic mass is 35.5. The maximum atomic E-state index is 13.2. The van der Waals surface area contributed by atoms with Crippen LogP contribution in [0.3, 0.4) is 0 Å². The molecule has 180 valence electrons. The van der Waals surface area contributed by atoms with Gasteiger partial charge in [-0.25, -0.2) is 9.78 Å². The van der Waals surface area contributed by atoms with E-state index in [1.54, 1.807) is 7.05 Å². The van der Waals surface area contributed by atoms with Crippen molar-refractivity contribution in [1.82, 2.24) is 18.7 Å². The van der Waals surface area contributed by atoms with Gasteiger partial charge in [0.05, 0.1) is 12.3 Å². The Kier molecular flexibility index (Phi) is 5.84. The van der Waals surface area contributed by atoms with Crippen LogP contribution in [0.4, 0.5) is 0 Å². The largest absolute Gasteiger partial charge is 0.390 e. The van der Waals surface area contributed by atoms with Crippen molar-refractivity contribution < 1.29 is 4.84 Å². The van der Waals surface area contributed by atoms with E-state index in [1.807, 2.05) is 41.0 Å². The van der Waals surface area contributed by atoms with Gasteiger partial charge in [0, 0.05) is 36.7 Å². The normalized spacial score (nSPS) is 15.6. The Hall–Kier alpha value is -3.65. The smallest absolute Gasteiger partial charge is 0.332 e. The molecule has 1 aliphatic heterocycles. The average Bonchev–Trinajstić information content (AvgIpc) is 3.47. The van der Waals surface area contributed by atoms with Gasteiger partial charge in [0.25, 0.3) is 5.56 Å². The Morgan fingerprint density at radius 1 is 1.06 bits per heavy atom. The molecule has 2 aromatic carbocycles. The zero-order valence-corrected chi connectivity index (χ0v) is 20.8. The van der Waals surface area contributed by atoms with E-state index < -0.39 is 11.2 Å². The molecule has 0 spiro atoms. The SMILES string of the molecule is CC(C)c1ccc(-c2nc3c(c(=O)n(C)c(=O)n3C)n2CC2CC(c3ccccc3Cl)=NO2)cc1. The third-order valence-electron chi connectivity index (χ3n) is 6.49. The van der Waals surface area contributed by atoms with Gasteiger partial charge >= 0.3 is 5.69 Å². The van der Waals surface area contributed by atoms with Gasteiger partial charge in [-0.2, -0.15) is 0 Å². The number of oxime groups is 1. The summed E-state index contributed by atoms with van der Waals surface area (Å²) in [5.74, 6) is 0.992. The van der Waals surface area contributed by atoms with Gasteiger partial charge < -0.3 is 9.40 Å². The Morgan fingerprint density at radius 3 is 2.46 bits per heavy atom. The summed E-state index contributed by atoms with van der Waals surface area (Å²) in [6, 6.07) is 15.6. The monoisotopic (exact) mass is 491 g/mol. The molecule has 1 unspecified atom stereocenters. The summed E-state index contributed by atoms with van der Waals surface area (Å²) in [4.78, 5) is 36.3. The lowest BCUT2D eigenvalue weighted by Gasteiger charge is -2.14. The van der Waals surface area contributed by atoms with Crippen molar-refractivity contribution in [2.45, 2.75) is 38.8 Å². The standard InChI is InChI=1S/C26H26ClN5O3/c1-15(2)16-9-11-17(12-10-16)23-28-24-22(25(33)31(4)26(34)30(24)3)32(23)14-18-13-21(29-35-18)19-7-5-6-8-20(19)27/h5-12,15,18H,13-14H2,1-4H3. The van der Waals surface area contributed by atoms with E-state index in [4.69, 9.17) is 21.4 Å². The molecule has 0 N–H and O–H groups in total. The lowest BCUT2D eigenvalue weighted by molar-refractivity contribution is 0.0736. The van der Waals surface area contributed by atoms with Crippen molar-refractivity contribution in [2.24, 2.45) is 19.3 Å². The molecule has 2 aromatic heterocycles. The summed E-state index contributed by atoms with van der Waals surface area (Å²) in [5.41, 5.74) is 3.52. The van der Waals surface area contributed by atoms with Gasteiger partial charge in [0.1, 0.15) is 5.82 Å². The minimum atomic E-state index is -0.421. The maximum absolute atomic E-state index is 13.2. The fourth-order valence-electron chi connectivity index (χ4n) is 4.45. The third-order valence-corrected chi connectivity index (χ3v) is 6.82. The fraction of sp³-hybridized carbons (Fsp3) is 0.308. The predicted octanol–water partition coefficient (Wildman–Crippen LogP) is 4.07.